The quantitative estimate of drug-likeness (QED) is 0.718. The number of benzene rings is 2. The smallest absolute Gasteiger partial charge is 0.0603 e. The molecule has 2 aromatic carbocycles. The Morgan fingerprint density at radius 1 is 1.11 bits per heavy atom. The largest absolute Gasteiger partial charge is 0.324 e. The van der Waals surface area contributed by atoms with Crippen molar-refractivity contribution in [1.82, 2.24) is 0 Å². The Hall–Kier alpha value is -0.190. The lowest BCUT2D eigenvalue weighted by Gasteiger charge is -2.10. The maximum atomic E-state index is 6.01. The molecule has 19 heavy (non-hydrogen) atoms. The van der Waals surface area contributed by atoms with E-state index in [4.69, 9.17) is 28.9 Å². The molecule has 0 spiro atoms. The highest BCUT2D eigenvalue weighted by Gasteiger charge is 2.07. The van der Waals surface area contributed by atoms with Crippen molar-refractivity contribution >= 4 is 50.9 Å². The monoisotopic (exact) mass is 375 g/mol. The van der Waals surface area contributed by atoms with Gasteiger partial charge in [0.15, 0.2) is 0 Å². The molecule has 0 amide bonds. The molecule has 1 atom stereocenters. The molecule has 0 fully saturated rings. The van der Waals surface area contributed by atoms with Crippen LogP contribution in [0.1, 0.15) is 18.5 Å². The van der Waals surface area contributed by atoms with Crippen LogP contribution < -0.4 is 5.73 Å². The molecule has 1 nitrogen and oxygen atoms in total. The zero-order chi connectivity index (χ0) is 14.0. The first-order chi connectivity index (χ1) is 8.97. The minimum atomic E-state index is 0.0281. The van der Waals surface area contributed by atoms with Crippen molar-refractivity contribution in [2.24, 2.45) is 5.73 Å². The molecule has 0 saturated carbocycles. The summed E-state index contributed by atoms with van der Waals surface area (Å²) >= 11 is 17.1. The maximum Gasteiger partial charge on any atom is 0.0603 e. The van der Waals surface area contributed by atoms with Gasteiger partial charge in [0.2, 0.25) is 0 Å². The first-order valence-electron chi connectivity index (χ1n) is 5.65. The van der Waals surface area contributed by atoms with Gasteiger partial charge in [-0.15, -0.1) is 0 Å². The van der Waals surface area contributed by atoms with Crippen molar-refractivity contribution in [3.05, 3.63) is 56.5 Å². The van der Waals surface area contributed by atoms with E-state index in [2.05, 4.69) is 22.0 Å². The van der Waals surface area contributed by atoms with Gasteiger partial charge in [0.05, 0.1) is 10.0 Å². The molecule has 0 aromatic heterocycles. The number of hydrogen-bond acceptors (Lipinski definition) is 2. The highest BCUT2D eigenvalue weighted by Crippen LogP contribution is 2.37. The number of hydrogen-bond donors (Lipinski definition) is 1. The van der Waals surface area contributed by atoms with Crippen molar-refractivity contribution in [3.8, 4) is 0 Å². The van der Waals surface area contributed by atoms with E-state index < -0.39 is 0 Å². The van der Waals surface area contributed by atoms with E-state index in [1.165, 1.54) is 0 Å². The molecule has 0 heterocycles. The molecule has 0 bridgehead atoms. The van der Waals surface area contributed by atoms with E-state index >= 15 is 0 Å². The third-order valence-corrected chi connectivity index (χ3v) is 5.32. The SMILES string of the molecule is CC(N)c1ccc(Sc2ccc(Cl)c(Cl)c2)c(Br)c1. The topological polar surface area (TPSA) is 26.0 Å². The van der Waals surface area contributed by atoms with Gasteiger partial charge in [-0.25, -0.2) is 0 Å². The Bertz CT molecular complexity index is 602. The molecule has 2 rings (SSSR count). The Labute approximate surface area is 135 Å². The zero-order valence-corrected chi connectivity index (χ0v) is 14.1. The Balaban J connectivity index is 2.25. The fourth-order valence-corrected chi connectivity index (χ4v) is 3.41. The summed E-state index contributed by atoms with van der Waals surface area (Å²) in [7, 11) is 0. The van der Waals surface area contributed by atoms with Gasteiger partial charge in [0.1, 0.15) is 0 Å². The van der Waals surface area contributed by atoms with Crippen molar-refractivity contribution in [2.75, 3.05) is 0 Å². The number of rotatable bonds is 3. The lowest BCUT2D eigenvalue weighted by molar-refractivity contribution is 0.815. The Morgan fingerprint density at radius 2 is 1.84 bits per heavy atom. The van der Waals surface area contributed by atoms with Gasteiger partial charge in [0.25, 0.3) is 0 Å². The highest BCUT2D eigenvalue weighted by molar-refractivity contribution is 9.10. The van der Waals surface area contributed by atoms with Crippen molar-refractivity contribution in [1.29, 1.82) is 0 Å². The summed E-state index contributed by atoms with van der Waals surface area (Å²) < 4.78 is 1.03. The fourth-order valence-electron chi connectivity index (χ4n) is 1.55. The fraction of sp³-hybridized carbons (Fsp3) is 0.143. The van der Waals surface area contributed by atoms with Crippen LogP contribution >= 0.6 is 50.9 Å². The average molecular weight is 377 g/mol. The minimum Gasteiger partial charge on any atom is -0.324 e. The third kappa shape index (κ3) is 3.89. The van der Waals surface area contributed by atoms with Crippen LogP contribution in [0.4, 0.5) is 0 Å². The van der Waals surface area contributed by atoms with Crippen LogP contribution in [0.25, 0.3) is 0 Å². The maximum absolute atomic E-state index is 6.01. The molecule has 0 saturated heterocycles. The van der Waals surface area contributed by atoms with Crippen LogP contribution in [0.15, 0.2) is 50.7 Å². The molecule has 0 aliphatic carbocycles. The van der Waals surface area contributed by atoms with Gasteiger partial charge in [-0.2, -0.15) is 0 Å². The van der Waals surface area contributed by atoms with E-state index in [0.717, 1.165) is 19.8 Å². The second-order valence-electron chi connectivity index (χ2n) is 4.16. The standard InChI is InChI=1S/C14H12BrCl2NS/c1-8(18)9-2-5-14(11(15)6-9)19-10-3-4-12(16)13(17)7-10/h2-8H,18H2,1H3. The van der Waals surface area contributed by atoms with Gasteiger partial charge in [-0.1, -0.05) is 41.0 Å². The summed E-state index contributed by atoms with van der Waals surface area (Å²) in [6, 6.07) is 11.8. The first-order valence-corrected chi connectivity index (χ1v) is 8.02. The summed E-state index contributed by atoms with van der Waals surface area (Å²) in [6.45, 7) is 1.97. The van der Waals surface area contributed by atoms with Crippen LogP contribution in [0, 0.1) is 0 Å². The predicted molar refractivity (Wildman–Crippen MR) is 87.3 cm³/mol. The molecule has 1 unspecified atom stereocenters. The summed E-state index contributed by atoms with van der Waals surface area (Å²) in [5, 5.41) is 1.13. The number of halogens is 3. The molecule has 0 aliphatic heterocycles. The van der Waals surface area contributed by atoms with E-state index in [1.807, 2.05) is 31.2 Å². The molecule has 0 radical (unpaired) electrons. The predicted octanol–water partition coefficient (Wildman–Crippen LogP) is 5.93. The van der Waals surface area contributed by atoms with Crippen LogP contribution in [0.5, 0.6) is 0 Å². The van der Waals surface area contributed by atoms with E-state index in [-0.39, 0.29) is 6.04 Å². The average Bonchev–Trinajstić information content (AvgIpc) is 2.36. The van der Waals surface area contributed by atoms with Gasteiger partial charge in [0, 0.05) is 20.3 Å². The lowest BCUT2D eigenvalue weighted by Crippen LogP contribution is -2.04. The molecular formula is C14H12BrCl2NS. The van der Waals surface area contributed by atoms with E-state index in [1.54, 1.807) is 17.8 Å². The summed E-state index contributed by atoms with van der Waals surface area (Å²) in [5.41, 5.74) is 6.96. The molecule has 2 N–H and O–H groups in total. The summed E-state index contributed by atoms with van der Waals surface area (Å²) in [5.74, 6) is 0. The third-order valence-electron chi connectivity index (χ3n) is 2.60. The van der Waals surface area contributed by atoms with Crippen molar-refractivity contribution in [3.63, 3.8) is 0 Å². The Morgan fingerprint density at radius 3 is 2.42 bits per heavy atom. The molecule has 2 aromatic rings. The summed E-state index contributed by atoms with van der Waals surface area (Å²) in [6.07, 6.45) is 0. The van der Waals surface area contributed by atoms with Gasteiger partial charge < -0.3 is 5.73 Å². The lowest BCUT2D eigenvalue weighted by atomic mass is 10.1. The molecule has 100 valence electrons. The molecule has 5 heteroatoms. The van der Waals surface area contributed by atoms with Gasteiger partial charge in [-0.05, 0) is 58.7 Å². The van der Waals surface area contributed by atoms with E-state index in [0.29, 0.717) is 10.0 Å². The molecular weight excluding hydrogens is 365 g/mol. The van der Waals surface area contributed by atoms with Crippen LogP contribution in [-0.2, 0) is 0 Å². The highest BCUT2D eigenvalue weighted by atomic mass is 79.9. The van der Waals surface area contributed by atoms with Crippen molar-refractivity contribution < 1.29 is 0 Å². The summed E-state index contributed by atoms with van der Waals surface area (Å²) in [4.78, 5) is 2.16. The van der Waals surface area contributed by atoms with Crippen LogP contribution in [-0.4, -0.2) is 0 Å². The van der Waals surface area contributed by atoms with Gasteiger partial charge in [-0.3, -0.25) is 0 Å². The second-order valence-corrected chi connectivity index (χ2v) is 6.94. The Kier molecular flexibility index (Phi) is 5.21. The van der Waals surface area contributed by atoms with E-state index in [9.17, 15) is 0 Å². The molecule has 0 aliphatic rings. The minimum absolute atomic E-state index is 0.0281. The second kappa shape index (κ2) is 6.51. The number of nitrogens with two attached hydrogens (primary N) is 1. The normalized spacial score (nSPS) is 12.5. The van der Waals surface area contributed by atoms with Crippen LogP contribution in [0.2, 0.25) is 10.0 Å². The first kappa shape index (κ1) is 15.2. The van der Waals surface area contributed by atoms with Crippen LogP contribution in [0.3, 0.4) is 0 Å². The zero-order valence-electron chi connectivity index (χ0n) is 10.2. The van der Waals surface area contributed by atoms with Crippen molar-refractivity contribution in [2.45, 2.75) is 22.8 Å². The van der Waals surface area contributed by atoms with Gasteiger partial charge >= 0.3 is 0 Å².